The lowest BCUT2D eigenvalue weighted by Gasteiger charge is -2.15. The molecule has 2 aromatic heterocycles. The zero-order chi connectivity index (χ0) is 17.3. The van der Waals surface area contributed by atoms with Crippen LogP contribution in [-0.2, 0) is 7.05 Å². The molecule has 1 atom stereocenters. The molecule has 0 bridgehead atoms. The van der Waals surface area contributed by atoms with E-state index in [0.717, 1.165) is 33.2 Å². The standard InChI is InChI=1S/C18H20ClN5/c1-11(14-5-7-15(19)8-6-14)21-18-20-10-9-16(22-18)17-12(2)23-24(4)13(17)3/h5-11H,1-4H3,(H,20,21,22). The summed E-state index contributed by atoms with van der Waals surface area (Å²) in [5, 5.41) is 8.53. The number of anilines is 1. The minimum absolute atomic E-state index is 0.0774. The van der Waals surface area contributed by atoms with Gasteiger partial charge < -0.3 is 5.32 Å². The van der Waals surface area contributed by atoms with Crippen molar-refractivity contribution in [2.75, 3.05) is 5.32 Å². The van der Waals surface area contributed by atoms with Gasteiger partial charge in [-0.3, -0.25) is 4.68 Å². The number of halogens is 1. The number of rotatable bonds is 4. The Morgan fingerprint density at radius 3 is 2.46 bits per heavy atom. The Hall–Kier alpha value is -2.40. The van der Waals surface area contributed by atoms with Crippen molar-refractivity contribution in [2.24, 2.45) is 7.05 Å². The van der Waals surface area contributed by atoms with Crippen molar-refractivity contribution in [1.29, 1.82) is 0 Å². The van der Waals surface area contributed by atoms with Crippen LogP contribution in [0.15, 0.2) is 36.5 Å². The van der Waals surface area contributed by atoms with E-state index in [1.165, 1.54) is 0 Å². The molecule has 0 amide bonds. The first-order valence-corrected chi connectivity index (χ1v) is 8.19. The maximum atomic E-state index is 5.94. The highest BCUT2D eigenvalue weighted by atomic mass is 35.5. The van der Waals surface area contributed by atoms with Crippen molar-refractivity contribution in [3.05, 3.63) is 58.5 Å². The summed E-state index contributed by atoms with van der Waals surface area (Å²) in [5.41, 5.74) is 5.11. The SMILES string of the molecule is Cc1nn(C)c(C)c1-c1ccnc(NC(C)c2ccc(Cl)cc2)n1. The lowest BCUT2D eigenvalue weighted by Crippen LogP contribution is -2.09. The fourth-order valence-electron chi connectivity index (χ4n) is 2.74. The van der Waals surface area contributed by atoms with Crippen molar-refractivity contribution in [3.63, 3.8) is 0 Å². The van der Waals surface area contributed by atoms with E-state index in [9.17, 15) is 0 Å². The van der Waals surface area contributed by atoms with Crippen molar-refractivity contribution in [2.45, 2.75) is 26.8 Å². The largest absolute Gasteiger partial charge is 0.348 e. The van der Waals surface area contributed by atoms with Gasteiger partial charge in [-0.05, 0) is 44.5 Å². The number of benzene rings is 1. The summed E-state index contributed by atoms with van der Waals surface area (Å²) in [4.78, 5) is 9.00. The predicted octanol–water partition coefficient (Wildman–Crippen LogP) is 4.32. The summed E-state index contributed by atoms with van der Waals surface area (Å²) in [5.74, 6) is 0.595. The van der Waals surface area contributed by atoms with E-state index in [2.05, 4.69) is 27.3 Å². The van der Waals surface area contributed by atoms with E-state index < -0.39 is 0 Å². The highest BCUT2D eigenvalue weighted by Crippen LogP contribution is 2.26. The van der Waals surface area contributed by atoms with Gasteiger partial charge in [-0.25, -0.2) is 9.97 Å². The third-order valence-corrected chi connectivity index (χ3v) is 4.39. The van der Waals surface area contributed by atoms with Crippen molar-refractivity contribution in [3.8, 4) is 11.3 Å². The first-order chi connectivity index (χ1) is 11.5. The van der Waals surface area contributed by atoms with Crippen LogP contribution in [0.2, 0.25) is 5.02 Å². The number of aromatic nitrogens is 4. The predicted molar refractivity (Wildman–Crippen MR) is 97.2 cm³/mol. The molecule has 1 unspecified atom stereocenters. The summed E-state index contributed by atoms with van der Waals surface area (Å²) in [6, 6.07) is 9.76. The second kappa shape index (κ2) is 6.61. The summed E-state index contributed by atoms with van der Waals surface area (Å²) < 4.78 is 1.87. The van der Waals surface area contributed by atoms with Gasteiger partial charge in [0, 0.05) is 29.5 Å². The van der Waals surface area contributed by atoms with Crippen LogP contribution >= 0.6 is 11.6 Å². The zero-order valence-corrected chi connectivity index (χ0v) is 15.0. The van der Waals surface area contributed by atoms with Crippen LogP contribution in [0.4, 0.5) is 5.95 Å². The molecule has 1 aromatic carbocycles. The molecule has 6 heteroatoms. The average Bonchev–Trinajstić information content (AvgIpc) is 2.81. The van der Waals surface area contributed by atoms with E-state index >= 15 is 0 Å². The van der Waals surface area contributed by atoms with E-state index in [1.54, 1.807) is 6.20 Å². The van der Waals surface area contributed by atoms with E-state index in [4.69, 9.17) is 11.6 Å². The van der Waals surface area contributed by atoms with Gasteiger partial charge in [-0.1, -0.05) is 23.7 Å². The molecule has 124 valence electrons. The molecule has 2 heterocycles. The molecule has 0 aliphatic heterocycles. The van der Waals surface area contributed by atoms with Crippen LogP contribution in [0.25, 0.3) is 11.3 Å². The van der Waals surface area contributed by atoms with Crippen LogP contribution in [0.5, 0.6) is 0 Å². The minimum Gasteiger partial charge on any atom is -0.348 e. The number of nitrogens with zero attached hydrogens (tertiary/aromatic N) is 4. The van der Waals surface area contributed by atoms with Crippen LogP contribution in [0.3, 0.4) is 0 Å². The van der Waals surface area contributed by atoms with Gasteiger partial charge >= 0.3 is 0 Å². The molecule has 0 saturated heterocycles. The molecule has 0 saturated carbocycles. The fraction of sp³-hybridized carbons (Fsp3) is 0.278. The van der Waals surface area contributed by atoms with Gasteiger partial charge in [0.05, 0.1) is 17.4 Å². The topological polar surface area (TPSA) is 55.6 Å². The summed E-state index contributed by atoms with van der Waals surface area (Å²) >= 11 is 5.94. The highest BCUT2D eigenvalue weighted by Gasteiger charge is 2.14. The third-order valence-electron chi connectivity index (χ3n) is 4.14. The Kier molecular flexibility index (Phi) is 4.53. The number of hydrogen-bond acceptors (Lipinski definition) is 4. The molecule has 5 nitrogen and oxygen atoms in total. The van der Waals surface area contributed by atoms with Crippen LogP contribution in [-0.4, -0.2) is 19.7 Å². The minimum atomic E-state index is 0.0774. The monoisotopic (exact) mass is 341 g/mol. The molecular weight excluding hydrogens is 322 g/mol. The Bertz CT molecular complexity index is 854. The van der Waals surface area contributed by atoms with Crippen LogP contribution in [0.1, 0.15) is 29.9 Å². The Labute approximate surface area is 146 Å². The average molecular weight is 342 g/mol. The fourth-order valence-corrected chi connectivity index (χ4v) is 2.87. The Morgan fingerprint density at radius 1 is 1.12 bits per heavy atom. The molecule has 0 spiro atoms. The molecule has 0 aliphatic carbocycles. The van der Waals surface area contributed by atoms with Crippen LogP contribution < -0.4 is 5.32 Å². The van der Waals surface area contributed by atoms with E-state index in [1.807, 2.05) is 55.9 Å². The molecule has 3 rings (SSSR count). The lowest BCUT2D eigenvalue weighted by molar-refractivity contribution is 0.731. The molecule has 0 aliphatic rings. The Morgan fingerprint density at radius 2 is 1.83 bits per heavy atom. The van der Waals surface area contributed by atoms with Crippen LogP contribution in [0, 0.1) is 13.8 Å². The molecule has 24 heavy (non-hydrogen) atoms. The van der Waals surface area contributed by atoms with Crippen molar-refractivity contribution >= 4 is 17.5 Å². The Balaban J connectivity index is 1.87. The summed E-state index contributed by atoms with van der Waals surface area (Å²) in [7, 11) is 1.94. The number of hydrogen-bond donors (Lipinski definition) is 1. The number of aryl methyl sites for hydroxylation is 2. The summed E-state index contributed by atoms with van der Waals surface area (Å²) in [6.07, 6.45) is 1.77. The van der Waals surface area contributed by atoms with Gasteiger partial charge in [-0.15, -0.1) is 0 Å². The van der Waals surface area contributed by atoms with E-state index in [0.29, 0.717) is 5.95 Å². The first kappa shape index (κ1) is 16.5. The van der Waals surface area contributed by atoms with Gasteiger partial charge in [0.15, 0.2) is 0 Å². The second-order valence-corrected chi connectivity index (χ2v) is 6.29. The van der Waals surface area contributed by atoms with Gasteiger partial charge in [0.25, 0.3) is 0 Å². The van der Waals surface area contributed by atoms with Crippen molar-refractivity contribution < 1.29 is 0 Å². The van der Waals surface area contributed by atoms with Gasteiger partial charge in [-0.2, -0.15) is 5.10 Å². The lowest BCUT2D eigenvalue weighted by atomic mass is 10.1. The molecular formula is C18H20ClN5. The molecule has 3 aromatic rings. The maximum Gasteiger partial charge on any atom is 0.223 e. The van der Waals surface area contributed by atoms with Crippen molar-refractivity contribution in [1.82, 2.24) is 19.7 Å². The maximum absolute atomic E-state index is 5.94. The van der Waals surface area contributed by atoms with Gasteiger partial charge in [0.1, 0.15) is 0 Å². The zero-order valence-electron chi connectivity index (χ0n) is 14.2. The first-order valence-electron chi connectivity index (χ1n) is 7.81. The molecule has 0 radical (unpaired) electrons. The third kappa shape index (κ3) is 3.26. The molecule has 0 fully saturated rings. The van der Waals surface area contributed by atoms with E-state index in [-0.39, 0.29) is 6.04 Å². The normalized spacial score (nSPS) is 12.2. The number of nitrogens with one attached hydrogen (secondary N) is 1. The van der Waals surface area contributed by atoms with Gasteiger partial charge in [0.2, 0.25) is 5.95 Å². The second-order valence-electron chi connectivity index (χ2n) is 5.85. The quantitative estimate of drug-likeness (QED) is 0.767. The summed E-state index contributed by atoms with van der Waals surface area (Å²) in [6.45, 7) is 6.11. The highest BCUT2D eigenvalue weighted by molar-refractivity contribution is 6.30. The smallest absolute Gasteiger partial charge is 0.223 e. The molecule has 1 N–H and O–H groups in total.